The van der Waals surface area contributed by atoms with Crippen LogP contribution in [0.15, 0.2) is 29.2 Å². The van der Waals surface area contributed by atoms with Crippen LogP contribution in [-0.4, -0.2) is 56.3 Å². The predicted octanol–water partition coefficient (Wildman–Crippen LogP) is 2.14. The van der Waals surface area contributed by atoms with Crippen LogP contribution >= 0.6 is 0 Å². The Bertz CT molecular complexity index is 725. The summed E-state index contributed by atoms with van der Waals surface area (Å²) in [7, 11) is -1.51. The van der Waals surface area contributed by atoms with E-state index >= 15 is 0 Å². The zero-order chi connectivity index (χ0) is 18.0. The number of amides is 1. The largest absolute Gasteiger partial charge is 0.325 e. The molecule has 0 aromatic heterocycles. The summed E-state index contributed by atoms with van der Waals surface area (Å²) in [5.74, 6) is 0.581. The zero-order valence-electron chi connectivity index (χ0n) is 14.9. The molecule has 0 radical (unpaired) electrons. The standard InChI is InChI=1S/C18H27N3O3S/c1-14(15-8-9-15)20(2)13-18(22)19-16-6-5-7-17(12-16)25(23,24)21-10-3-4-11-21/h5-7,12,14-15H,3-4,8-11,13H2,1-2H3,(H,19,22). The topological polar surface area (TPSA) is 69.7 Å². The van der Waals surface area contributed by atoms with Gasteiger partial charge >= 0.3 is 0 Å². The van der Waals surface area contributed by atoms with Gasteiger partial charge < -0.3 is 5.32 Å². The molecule has 1 unspecified atom stereocenters. The van der Waals surface area contributed by atoms with Gasteiger partial charge in [-0.1, -0.05) is 6.07 Å². The first-order valence-electron chi connectivity index (χ1n) is 8.98. The zero-order valence-corrected chi connectivity index (χ0v) is 15.8. The second-order valence-electron chi connectivity index (χ2n) is 7.18. The van der Waals surface area contributed by atoms with Crippen LogP contribution in [0, 0.1) is 5.92 Å². The van der Waals surface area contributed by atoms with Crippen LogP contribution < -0.4 is 5.32 Å². The summed E-state index contributed by atoms with van der Waals surface area (Å²) in [5, 5.41) is 2.83. The van der Waals surface area contributed by atoms with Crippen molar-refractivity contribution < 1.29 is 13.2 Å². The molecule has 1 N–H and O–H groups in total. The molecular formula is C18H27N3O3S. The third kappa shape index (κ3) is 4.40. The summed E-state index contributed by atoms with van der Waals surface area (Å²) in [5.41, 5.74) is 0.526. The molecule has 2 aliphatic rings. The molecule has 0 spiro atoms. The number of rotatable bonds is 7. The van der Waals surface area contributed by atoms with E-state index in [1.54, 1.807) is 24.3 Å². The van der Waals surface area contributed by atoms with Gasteiger partial charge in [-0.25, -0.2) is 8.42 Å². The Morgan fingerprint density at radius 2 is 2.00 bits per heavy atom. The van der Waals surface area contributed by atoms with Crippen LogP contribution in [0.5, 0.6) is 0 Å². The molecule has 6 nitrogen and oxygen atoms in total. The van der Waals surface area contributed by atoms with Crippen LogP contribution in [0.2, 0.25) is 0 Å². The molecule has 7 heteroatoms. The summed E-state index contributed by atoms with van der Waals surface area (Å²) in [6.07, 6.45) is 4.29. The quantitative estimate of drug-likeness (QED) is 0.804. The lowest BCUT2D eigenvalue weighted by atomic mass is 10.2. The van der Waals surface area contributed by atoms with E-state index in [1.165, 1.54) is 17.1 Å². The highest BCUT2D eigenvalue weighted by molar-refractivity contribution is 7.89. The number of likely N-dealkylation sites (N-methyl/N-ethyl adjacent to an activating group) is 1. The van der Waals surface area contributed by atoms with Crippen molar-refractivity contribution in [1.29, 1.82) is 0 Å². The average Bonchev–Trinajstić information content (AvgIpc) is 3.27. The monoisotopic (exact) mass is 365 g/mol. The first-order valence-corrected chi connectivity index (χ1v) is 10.4. The van der Waals surface area contributed by atoms with E-state index in [1.807, 2.05) is 7.05 Å². The lowest BCUT2D eigenvalue weighted by molar-refractivity contribution is -0.117. The van der Waals surface area contributed by atoms with Crippen LogP contribution in [0.3, 0.4) is 0 Å². The van der Waals surface area contributed by atoms with Gasteiger partial charge in [0.15, 0.2) is 0 Å². The van der Waals surface area contributed by atoms with Gasteiger partial charge in [-0.2, -0.15) is 4.31 Å². The summed E-state index contributed by atoms with van der Waals surface area (Å²) in [4.78, 5) is 14.6. The van der Waals surface area contributed by atoms with E-state index in [4.69, 9.17) is 0 Å². The van der Waals surface area contributed by atoms with E-state index in [-0.39, 0.29) is 10.8 Å². The molecule has 1 aliphatic carbocycles. The second-order valence-corrected chi connectivity index (χ2v) is 9.12. The normalized spacial score (nSPS) is 20.0. The molecule has 25 heavy (non-hydrogen) atoms. The number of sulfonamides is 1. The first kappa shape index (κ1) is 18.4. The minimum atomic E-state index is -3.46. The molecule has 1 aromatic rings. The van der Waals surface area contributed by atoms with Crippen molar-refractivity contribution in [1.82, 2.24) is 9.21 Å². The van der Waals surface area contributed by atoms with Crippen LogP contribution in [0.1, 0.15) is 32.6 Å². The minimum Gasteiger partial charge on any atom is -0.325 e. The van der Waals surface area contributed by atoms with Crippen LogP contribution in [0.25, 0.3) is 0 Å². The third-order valence-electron chi connectivity index (χ3n) is 5.21. The molecule has 1 atom stereocenters. The molecule has 0 bridgehead atoms. The molecule has 2 fully saturated rings. The fourth-order valence-electron chi connectivity index (χ4n) is 3.32. The third-order valence-corrected chi connectivity index (χ3v) is 7.11. The number of nitrogens with one attached hydrogen (secondary N) is 1. The van der Waals surface area contributed by atoms with Crippen molar-refractivity contribution in [2.24, 2.45) is 5.92 Å². The fraction of sp³-hybridized carbons (Fsp3) is 0.611. The van der Waals surface area contributed by atoms with Gasteiger partial charge in [0.1, 0.15) is 0 Å². The van der Waals surface area contributed by atoms with E-state index < -0.39 is 10.0 Å². The smallest absolute Gasteiger partial charge is 0.243 e. The van der Waals surface area contributed by atoms with Gasteiger partial charge in [0.05, 0.1) is 11.4 Å². The maximum absolute atomic E-state index is 12.6. The Labute approximate surface area is 150 Å². The molecule has 1 heterocycles. The fourth-order valence-corrected chi connectivity index (χ4v) is 4.88. The first-order chi connectivity index (χ1) is 11.9. The van der Waals surface area contributed by atoms with Crippen LogP contribution in [0.4, 0.5) is 5.69 Å². The summed E-state index contributed by atoms with van der Waals surface area (Å²) >= 11 is 0. The lowest BCUT2D eigenvalue weighted by Gasteiger charge is -2.23. The Kier molecular flexibility index (Phi) is 5.46. The molecular weight excluding hydrogens is 338 g/mol. The average molecular weight is 365 g/mol. The van der Waals surface area contributed by atoms with Gasteiger partial charge in [-0.05, 0) is 63.8 Å². The van der Waals surface area contributed by atoms with Crippen molar-refractivity contribution in [3.05, 3.63) is 24.3 Å². The number of hydrogen-bond acceptors (Lipinski definition) is 4. The van der Waals surface area contributed by atoms with Crippen molar-refractivity contribution in [3.8, 4) is 0 Å². The summed E-state index contributed by atoms with van der Waals surface area (Å²) in [6.45, 7) is 3.60. The van der Waals surface area contributed by atoms with Crippen molar-refractivity contribution in [2.75, 3.05) is 32.0 Å². The SMILES string of the molecule is CC(C1CC1)N(C)CC(=O)Nc1cccc(S(=O)(=O)N2CCCC2)c1. The highest BCUT2D eigenvalue weighted by atomic mass is 32.2. The molecule has 1 aromatic carbocycles. The second kappa shape index (κ2) is 7.43. The van der Waals surface area contributed by atoms with Crippen molar-refractivity contribution >= 4 is 21.6 Å². The highest BCUT2D eigenvalue weighted by Gasteiger charge is 2.31. The van der Waals surface area contributed by atoms with E-state index in [2.05, 4.69) is 17.1 Å². The maximum atomic E-state index is 12.6. The Balaban J connectivity index is 1.64. The molecule has 1 aliphatic heterocycles. The summed E-state index contributed by atoms with van der Waals surface area (Å²) < 4.78 is 26.8. The van der Waals surface area contributed by atoms with Gasteiger partial charge in [-0.15, -0.1) is 0 Å². The van der Waals surface area contributed by atoms with E-state index in [9.17, 15) is 13.2 Å². The number of carbonyl (C=O) groups excluding carboxylic acids is 1. The number of anilines is 1. The van der Waals surface area contributed by atoms with Crippen molar-refractivity contribution in [2.45, 2.75) is 43.5 Å². The predicted molar refractivity (Wildman–Crippen MR) is 97.9 cm³/mol. The number of hydrogen-bond donors (Lipinski definition) is 1. The van der Waals surface area contributed by atoms with Gasteiger partial charge in [0.2, 0.25) is 15.9 Å². The summed E-state index contributed by atoms with van der Waals surface area (Å²) in [6, 6.07) is 6.94. The van der Waals surface area contributed by atoms with Crippen LogP contribution in [-0.2, 0) is 14.8 Å². The Hall–Kier alpha value is -1.44. The molecule has 1 amide bonds. The number of benzene rings is 1. The molecule has 138 valence electrons. The Morgan fingerprint density at radius 1 is 1.32 bits per heavy atom. The lowest BCUT2D eigenvalue weighted by Crippen LogP contribution is -2.37. The minimum absolute atomic E-state index is 0.120. The van der Waals surface area contributed by atoms with E-state index in [0.717, 1.165) is 12.8 Å². The van der Waals surface area contributed by atoms with E-state index in [0.29, 0.717) is 37.3 Å². The number of nitrogens with zero attached hydrogens (tertiary/aromatic N) is 2. The van der Waals surface area contributed by atoms with Gasteiger partial charge in [0.25, 0.3) is 0 Å². The molecule has 1 saturated heterocycles. The van der Waals surface area contributed by atoms with Crippen molar-refractivity contribution in [3.63, 3.8) is 0 Å². The molecule has 1 saturated carbocycles. The van der Waals surface area contributed by atoms with Gasteiger partial charge in [-0.3, -0.25) is 9.69 Å². The Morgan fingerprint density at radius 3 is 2.64 bits per heavy atom. The highest BCUT2D eigenvalue weighted by Crippen LogP contribution is 2.34. The maximum Gasteiger partial charge on any atom is 0.243 e. The number of carbonyl (C=O) groups is 1. The van der Waals surface area contributed by atoms with Gasteiger partial charge in [0, 0.05) is 24.8 Å². The molecule has 3 rings (SSSR count).